The first-order chi connectivity index (χ1) is 8.86. The van der Waals surface area contributed by atoms with E-state index in [4.69, 9.17) is 5.73 Å². The van der Waals surface area contributed by atoms with Gasteiger partial charge in [-0.25, -0.2) is 13.4 Å². The molecule has 5 nitrogen and oxygen atoms in total. The minimum absolute atomic E-state index is 0.223. The number of nitrogens with two attached hydrogens (primary N) is 1. The second-order valence-electron chi connectivity index (χ2n) is 4.26. The molecule has 7 heteroatoms. The zero-order valence-electron chi connectivity index (χ0n) is 10.7. The van der Waals surface area contributed by atoms with E-state index in [1.807, 2.05) is 12.3 Å². The average molecular weight is 297 g/mol. The Kier molecular flexibility index (Phi) is 3.77. The van der Waals surface area contributed by atoms with E-state index in [1.54, 1.807) is 23.5 Å². The number of benzene rings is 1. The summed E-state index contributed by atoms with van der Waals surface area (Å²) in [5, 5.41) is 6.09. The van der Waals surface area contributed by atoms with Crippen LogP contribution in [-0.4, -0.2) is 19.7 Å². The number of sulfone groups is 1. The van der Waals surface area contributed by atoms with E-state index < -0.39 is 9.84 Å². The lowest BCUT2D eigenvalue weighted by Gasteiger charge is -2.09. The standard InChI is InChI=1S/C12H15N3O2S2/c1-8-7-18-12(15-8)6-14-11-4-3-9(5-10(11)13)19(2,16)17/h3-5,7,14H,6,13H2,1-2H3. The van der Waals surface area contributed by atoms with E-state index in [2.05, 4.69) is 10.3 Å². The molecule has 1 heterocycles. The molecular formula is C12H15N3O2S2. The molecule has 1 aromatic carbocycles. The Bertz CT molecular complexity index is 693. The molecule has 0 aliphatic carbocycles. The number of anilines is 2. The summed E-state index contributed by atoms with van der Waals surface area (Å²) in [5.74, 6) is 0. The molecule has 3 N–H and O–H groups in total. The summed E-state index contributed by atoms with van der Waals surface area (Å²) in [6.07, 6.45) is 1.16. The molecule has 102 valence electrons. The van der Waals surface area contributed by atoms with Crippen molar-refractivity contribution in [3.8, 4) is 0 Å². The lowest BCUT2D eigenvalue weighted by atomic mass is 10.2. The average Bonchev–Trinajstić information content (AvgIpc) is 2.72. The minimum Gasteiger partial charge on any atom is -0.397 e. The first-order valence-corrected chi connectivity index (χ1v) is 8.38. The number of nitrogens with one attached hydrogen (secondary N) is 1. The number of aryl methyl sites for hydroxylation is 1. The van der Waals surface area contributed by atoms with E-state index in [9.17, 15) is 8.42 Å². The quantitative estimate of drug-likeness (QED) is 0.844. The summed E-state index contributed by atoms with van der Waals surface area (Å²) < 4.78 is 22.8. The van der Waals surface area contributed by atoms with Crippen molar-refractivity contribution in [1.82, 2.24) is 4.98 Å². The molecule has 0 fully saturated rings. The highest BCUT2D eigenvalue weighted by atomic mass is 32.2. The first kappa shape index (κ1) is 13.8. The molecule has 0 aliphatic rings. The minimum atomic E-state index is -3.22. The highest BCUT2D eigenvalue weighted by Gasteiger charge is 2.09. The van der Waals surface area contributed by atoms with Gasteiger partial charge >= 0.3 is 0 Å². The Labute approximate surface area is 116 Å². The van der Waals surface area contributed by atoms with Gasteiger partial charge in [0.15, 0.2) is 9.84 Å². The molecule has 0 saturated carbocycles. The van der Waals surface area contributed by atoms with Crippen LogP contribution in [0.4, 0.5) is 11.4 Å². The lowest BCUT2D eigenvalue weighted by molar-refractivity contribution is 0.602. The molecular weight excluding hydrogens is 282 g/mol. The van der Waals surface area contributed by atoms with Crippen LogP contribution in [0.1, 0.15) is 10.7 Å². The van der Waals surface area contributed by atoms with Crippen LogP contribution in [0.3, 0.4) is 0 Å². The summed E-state index contributed by atoms with van der Waals surface area (Å²) in [6, 6.07) is 4.68. The summed E-state index contributed by atoms with van der Waals surface area (Å²) in [4.78, 5) is 4.55. The number of hydrogen-bond donors (Lipinski definition) is 2. The van der Waals surface area contributed by atoms with Gasteiger partial charge in [0, 0.05) is 17.3 Å². The zero-order valence-corrected chi connectivity index (χ0v) is 12.3. The van der Waals surface area contributed by atoms with Crippen molar-refractivity contribution in [2.24, 2.45) is 0 Å². The molecule has 2 rings (SSSR count). The first-order valence-electron chi connectivity index (χ1n) is 5.61. The van der Waals surface area contributed by atoms with E-state index >= 15 is 0 Å². The Morgan fingerprint density at radius 2 is 2.16 bits per heavy atom. The van der Waals surface area contributed by atoms with Gasteiger partial charge in [-0.2, -0.15) is 0 Å². The van der Waals surface area contributed by atoms with Crippen molar-refractivity contribution in [2.45, 2.75) is 18.4 Å². The number of nitrogen functional groups attached to an aromatic ring is 1. The maximum absolute atomic E-state index is 11.4. The lowest BCUT2D eigenvalue weighted by Crippen LogP contribution is -2.04. The van der Waals surface area contributed by atoms with Crippen LogP contribution in [0.15, 0.2) is 28.5 Å². The second-order valence-corrected chi connectivity index (χ2v) is 7.22. The predicted molar refractivity (Wildman–Crippen MR) is 78.1 cm³/mol. The Balaban J connectivity index is 2.14. The Hall–Kier alpha value is -1.60. The predicted octanol–water partition coefficient (Wildman–Crippen LogP) is 2.05. The molecule has 0 amide bonds. The van der Waals surface area contributed by atoms with Gasteiger partial charge in [0.2, 0.25) is 0 Å². The summed E-state index contributed by atoms with van der Waals surface area (Å²) >= 11 is 1.57. The topological polar surface area (TPSA) is 85.1 Å². The third-order valence-corrected chi connectivity index (χ3v) is 4.62. The SMILES string of the molecule is Cc1csc(CNc2ccc(S(C)(=O)=O)cc2N)n1. The van der Waals surface area contributed by atoms with E-state index in [-0.39, 0.29) is 4.90 Å². The molecule has 19 heavy (non-hydrogen) atoms. The highest BCUT2D eigenvalue weighted by Crippen LogP contribution is 2.23. The van der Waals surface area contributed by atoms with Gasteiger partial charge in [-0.3, -0.25) is 0 Å². The number of nitrogens with zero attached hydrogens (tertiary/aromatic N) is 1. The van der Waals surface area contributed by atoms with E-state index in [1.165, 1.54) is 6.07 Å². The van der Waals surface area contributed by atoms with Crippen LogP contribution in [0.25, 0.3) is 0 Å². The zero-order chi connectivity index (χ0) is 14.0. The number of aromatic nitrogens is 1. The van der Waals surface area contributed by atoms with Crippen molar-refractivity contribution in [2.75, 3.05) is 17.3 Å². The van der Waals surface area contributed by atoms with Crippen molar-refractivity contribution < 1.29 is 8.42 Å². The van der Waals surface area contributed by atoms with Crippen molar-refractivity contribution in [1.29, 1.82) is 0 Å². The molecule has 0 saturated heterocycles. The monoisotopic (exact) mass is 297 g/mol. The summed E-state index contributed by atoms with van der Waals surface area (Å²) in [5.41, 5.74) is 7.95. The second kappa shape index (κ2) is 5.18. The smallest absolute Gasteiger partial charge is 0.175 e. The van der Waals surface area contributed by atoms with E-state index in [0.29, 0.717) is 17.9 Å². The molecule has 0 spiro atoms. The largest absolute Gasteiger partial charge is 0.397 e. The van der Waals surface area contributed by atoms with Gasteiger partial charge in [-0.1, -0.05) is 0 Å². The fraction of sp³-hybridized carbons (Fsp3) is 0.250. The van der Waals surface area contributed by atoms with Gasteiger partial charge in [0.05, 0.1) is 22.8 Å². The fourth-order valence-corrected chi connectivity index (χ4v) is 2.95. The number of rotatable bonds is 4. The Morgan fingerprint density at radius 3 is 2.68 bits per heavy atom. The van der Waals surface area contributed by atoms with Crippen molar-refractivity contribution in [3.05, 3.63) is 34.3 Å². The van der Waals surface area contributed by atoms with Crippen LogP contribution < -0.4 is 11.1 Å². The van der Waals surface area contributed by atoms with Gasteiger partial charge < -0.3 is 11.1 Å². The fourth-order valence-electron chi connectivity index (χ4n) is 1.59. The van der Waals surface area contributed by atoms with Crippen molar-refractivity contribution >= 4 is 32.5 Å². The molecule has 0 unspecified atom stereocenters. The molecule has 1 aromatic heterocycles. The highest BCUT2D eigenvalue weighted by molar-refractivity contribution is 7.90. The van der Waals surface area contributed by atoms with Gasteiger partial charge in [-0.05, 0) is 25.1 Å². The van der Waals surface area contributed by atoms with Crippen LogP contribution in [0.2, 0.25) is 0 Å². The summed E-state index contributed by atoms with van der Waals surface area (Å²) in [6.45, 7) is 2.51. The third-order valence-electron chi connectivity index (χ3n) is 2.55. The number of thiazole rings is 1. The Morgan fingerprint density at radius 1 is 1.42 bits per heavy atom. The molecule has 2 aromatic rings. The molecule has 0 atom stereocenters. The van der Waals surface area contributed by atoms with Crippen LogP contribution in [0.5, 0.6) is 0 Å². The van der Waals surface area contributed by atoms with Crippen LogP contribution >= 0.6 is 11.3 Å². The van der Waals surface area contributed by atoms with Gasteiger partial charge in [0.25, 0.3) is 0 Å². The van der Waals surface area contributed by atoms with E-state index in [0.717, 1.165) is 17.0 Å². The summed E-state index contributed by atoms with van der Waals surface area (Å²) in [7, 11) is -3.22. The maximum atomic E-state index is 11.4. The molecule has 0 radical (unpaired) electrons. The van der Waals surface area contributed by atoms with Gasteiger partial charge in [-0.15, -0.1) is 11.3 Å². The normalized spacial score (nSPS) is 11.5. The molecule has 0 bridgehead atoms. The number of hydrogen-bond acceptors (Lipinski definition) is 6. The maximum Gasteiger partial charge on any atom is 0.175 e. The van der Waals surface area contributed by atoms with Gasteiger partial charge in [0.1, 0.15) is 5.01 Å². The van der Waals surface area contributed by atoms with Crippen LogP contribution in [-0.2, 0) is 16.4 Å². The van der Waals surface area contributed by atoms with Crippen LogP contribution in [0, 0.1) is 6.92 Å². The third kappa shape index (κ3) is 3.45. The van der Waals surface area contributed by atoms with Crippen molar-refractivity contribution in [3.63, 3.8) is 0 Å². The molecule has 0 aliphatic heterocycles.